The molecule has 4 aliphatic carbocycles. The molecule has 154 valence electrons. The third-order valence-corrected chi connectivity index (χ3v) is 7.54. The minimum absolute atomic E-state index is 0.159. The van der Waals surface area contributed by atoms with Crippen LogP contribution in [0, 0.1) is 23.7 Å². The minimum Gasteiger partial charge on any atom is -0.507 e. The maximum Gasteiger partial charge on any atom is 0.328 e. The number of carbonyl (C=O) groups excluding carboxylic acids is 1. The first-order valence-electron chi connectivity index (χ1n) is 10.9. The molecule has 0 heterocycles. The SMILES string of the molecule is O=Cc1cc(-c2ccc(C=CC(=O)O)cc2)cc(C2C3CC4CC(C3)CC2C4)c1O. The molecule has 2 aromatic rings. The zero-order chi connectivity index (χ0) is 20.8. The van der Waals surface area contributed by atoms with Crippen molar-refractivity contribution >= 4 is 18.3 Å². The molecule has 0 radical (unpaired) electrons. The maximum atomic E-state index is 11.7. The lowest BCUT2D eigenvalue weighted by atomic mass is 9.50. The number of phenolic OH excluding ortho intramolecular Hbond substituents is 1. The van der Waals surface area contributed by atoms with Gasteiger partial charge in [0.15, 0.2) is 6.29 Å². The Kier molecular flexibility index (Phi) is 4.73. The summed E-state index contributed by atoms with van der Waals surface area (Å²) >= 11 is 0. The van der Waals surface area contributed by atoms with Gasteiger partial charge in [0, 0.05) is 6.08 Å². The maximum absolute atomic E-state index is 11.7. The number of aldehydes is 1. The topological polar surface area (TPSA) is 74.6 Å². The standard InChI is InChI=1S/C26H26O4/c27-14-22-12-19(18-4-1-15(2-5-18)3-6-24(28)29)13-23(26(22)30)25-20-8-16-7-17(10-20)11-21(25)9-16/h1-6,12-14,16-17,20-21,25,30H,7-11H2,(H,28,29). The Labute approximate surface area is 176 Å². The van der Waals surface area contributed by atoms with Crippen LogP contribution in [-0.2, 0) is 4.79 Å². The first kappa shape index (κ1) is 19.1. The van der Waals surface area contributed by atoms with Gasteiger partial charge in [-0.25, -0.2) is 4.79 Å². The molecule has 4 nitrogen and oxygen atoms in total. The van der Waals surface area contributed by atoms with Crippen LogP contribution in [0.3, 0.4) is 0 Å². The van der Waals surface area contributed by atoms with E-state index in [9.17, 15) is 14.7 Å². The molecule has 0 amide bonds. The zero-order valence-corrected chi connectivity index (χ0v) is 16.8. The van der Waals surface area contributed by atoms with Crippen LogP contribution in [0.15, 0.2) is 42.5 Å². The van der Waals surface area contributed by atoms with E-state index >= 15 is 0 Å². The Bertz CT molecular complexity index is 990. The fraction of sp³-hybridized carbons (Fsp3) is 0.385. The fourth-order valence-electron chi connectivity index (χ4n) is 6.58. The largest absolute Gasteiger partial charge is 0.507 e. The molecular formula is C26H26O4. The lowest BCUT2D eigenvalue weighted by Gasteiger charge is -2.54. The highest BCUT2D eigenvalue weighted by atomic mass is 16.4. The molecule has 0 atom stereocenters. The van der Waals surface area contributed by atoms with Crippen molar-refractivity contribution in [1.29, 1.82) is 0 Å². The average molecular weight is 402 g/mol. The number of hydrogen-bond donors (Lipinski definition) is 2. The third-order valence-electron chi connectivity index (χ3n) is 7.54. The van der Waals surface area contributed by atoms with Crippen LogP contribution in [0.1, 0.15) is 59.5 Å². The summed E-state index contributed by atoms with van der Waals surface area (Å²) in [4.78, 5) is 22.4. The van der Waals surface area contributed by atoms with E-state index in [4.69, 9.17) is 5.11 Å². The summed E-state index contributed by atoms with van der Waals surface area (Å²) in [6.45, 7) is 0. The predicted molar refractivity (Wildman–Crippen MR) is 115 cm³/mol. The van der Waals surface area contributed by atoms with Crippen LogP contribution in [-0.4, -0.2) is 22.5 Å². The van der Waals surface area contributed by atoms with Gasteiger partial charge in [0.25, 0.3) is 0 Å². The van der Waals surface area contributed by atoms with Crippen LogP contribution in [0.2, 0.25) is 0 Å². The average Bonchev–Trinajstić information content (AvgIpc) is 2.73. The number of carboxylic acid groups (broad SMARTS) is 1. The normalized spacial score (nSPS) is 29.4. The van der Waals surface area contributed by atoms with Crippen molar-refractivity contribution in [3.8, 4) is 16.9 Å². The van der Waals surface area contributed by atoms with Gasteiger partial charge in [-0.15, -0.1) is 0 Å². The second kappa shape index (κ2) is 7.42. The molecular weight excluding hydrogens is 376 g/mol. The first-order valence-corrected chi connectivity index (χ1v) is 10.9. The molecule has 30 heavy (non-hydrogen) atoms. The van der Waals surface area contributed by atoms with Gasteiger partial charge in [-0.05, 0) is 102 Å². The van der Waals surface area contributed by atoms with E-state index in [1.807, 2.05) is 24.3 Å². The van der Waals surface area contributed by atoms with E-state index in [1.54, 1.807) is 12.1 Å². The molecule has 4 fully saturated rings. The quantitative estimate of drug-likeness (QED) is 0.511. The fourth-order valence-corrected chi connectivity index (χ4v) is 6.58. The Balaban J connectivity index is 1.52. The summed E-state index contributed by atoms with van der Waals surface area (Å²) in [7, 11) is 0. The van der Waals surface area contributed by atoms with Crippen LogP contribution < -0.4 is 0 Å². The Morgan fingerprint density at radius 1 is 0.900 bits per heavy atom. The molecule has 4 heteroatoms. The number of carbonyl (C=O) groups is 2. The second-order valence-electron chi connectivity index (χ2n) is 9.37. The number of aliphatic carboxylic acids is 1. The number of rotatable bonds is 5. The van der Waals surface area contributed by atoms with Gasteiger partial charge >= 0.3 is 5.97 Å². The lowest BCUT2D eigenvalue weighted by molar-refractivity contribution is -0.131. The van der Waals surface area contributed by atoms with E-state index in [1.165, 1.54) is 32.1 Å². The first-order chi connectivity index (χ1) is 14.5. The van der Waals surface area contributed by atoms with E-state index in [0.717, 1.165) is 46.5 Å². The third kappa shape index (κ3) is 3.34. The van der Waals surface area contributed by atoms with Gasteiger partial charge in [-0.1, -0.05) is 24.3 Å². The van der Waals surface area contributed by atoms with Crippen molar-refractivity contribution in [1.82, 2.24) is 0 Å². The summed E-state index contributed by atoms with van der Waals surface area (Å²) in [5.74, 6) is 2.46. The summed E-state index contributed by atoms with van der Waals surface area (Å²) in [6.07, 6.45) is 9.82. The Morgan fingerprint density at radius 2 is 1.53 bits per heavy atom. The summed E-state index contributed by atoms with van der Waals surface area (Å²) in [5.41, 5.74) is 3.98. The predicted octanol–water partition coefficient (Wildman–Crippen LogP) is 5.51. The highest BCUT2D eigenvalue weighted by Gasteiger charge is 2.49. The van der Waals surface area contributed by atoms with Crippen molar-refractivity contribution < 1.29 is 19.8 Å². The molecule has 0 saturated heterocycles. The van der Waals surface area contributed by atoms with Crippen molar-refractivity contribution in [2.45, 2.75) is 38.0 Å². The van der Waals surface area contributed by atoms with Gasteiger partial charge in [0.2, 0.25) is 0 Å². The minimum atomic E-state index is -0.978. The van der Waals surface area contributed by atoms with Crippen LogP contribution in [0.4, 0.5) is 0 Å². The van der Waals surface area contributed by atoms with Crippen molar-refractivity contribution in [3.05, 3.63) is 59.2 Å². The van der Waals surface area contributed by atoms with Crippen molar-refractivity contribution in [3.63, 3.8) is 0 Å². The monoisotopic (exact) mass is 402 g/mol. The van der Waals surface area contributed by atoms with Crippen LogP contribution in [0.5, 0.6) is 5.75 Å². The van der Waals surface area contributed by atoms with Gasteiger partial charge in [-0.3, -0.25) is 4.79 Å². The van der Waals surface area contributed by atoms with Crippen molar-refractivity contribution in [2.75, 3.05) is 0 Å². The number of carboxylic acids is 1. The molecule has 0 unspecified atom stereocenters. The smallest absolute Gasteiger partial charge is 0.328 e. The summed E-state index contributed by atoms with van der Waals surface area (Å²) in [5, 5.41) is 19.7. The Morgan fingerprint density at radius 3 is 2.10 bits per heavy atom. The highest BCUT2D eigenvalue weighted by molar-refractivity contribution is 5.86. The van der Waals surface area contributed by atoms with Gasteiger partial charge in [-0.2, -0.15) is 0 Å². The zero-order valence-electron chi connectivity index (χ0n) is 16.8. The molecule has 0 aromatic heterocycles. The van der Waals surface area contributed by atoms with Gasteiger partial charge < -0.3 is 10.2 Å². The van der Waals surface area contributed by atoms with Crippen LogP contribution in [0.25, 0.3) is 17.2 Å². The lowest BCUT2D eigenvalue weighted by Crippen LogP contribution is -2.43. The summed E-state index contributed by atoms with van der Waals surface area (Å²) < 4.78 is 0. The van der Waals surface area contributed by atoms with E-state index < -0.39 is 5.97 Å². The molecule has 0 aliphatic heterocycles. The molecule has 4 bridgehead atoms. The number of phenols is 1. The second-order valence-corrected chi connectivity index (χ2v) is 9.37. The molecule has 4 aliphatic rings. The number of benzene rings is 2. The van der Waals surface area contributed by atoms with Gasteiger partial charge in [0.1, 0.15) is 5.75 Å². The van der Waals surface area contributed by atoms with Crippen LogP contribution >= 0.6 is 0 Å². The highest BCUT2D eigenvalue weighted by Crippen LogP contribution is 2.61. The molecule has 4 saturated carbocycles. The van der Waals surface area contributed by atoms with E-state index in [-0.39, 0.29) is 5.75 Å². The summed E-state index contributed by atoms with van der Waals surface area (Å²) in [6, 6.07) is 11.4. The number of aromatic hydroxyl groups is 1. The Hall–Kier alpha value is -2.88. The number of hydrogen-bond acceptors (Lipinski definition) is 3. The molecule has 0 spiro atoms. The van der Waals surface area contributed by atoms with E-state index in [2.05, 4.69) is 6.07 Å². The van der Waals surface area contributed by atoms with E-state index in [0.29, 0.717) is 23.3 Å². The van der Waals surface area contributed by atoms with Crippen molar-refractivity contribution in [2.24, 2.45) is 23.7 Å². The molecule has 6 rings (SSSR count). The molecule has 2 N–H and O–H groups in total. The molecule has 2 aromatic carbocycles. The van der Waals surface area contributed by atoms with Gasteiger partial charge in [0.05, 0.1) is 5.56 Å².